The fourth-order valence-electron chi connectivity index (χ4n) is 2.54. The molecule has 0 saturated heterocycles. The summed E-state index contributed by atoms with van der Waals surface area (Å²) in [6.45, 7) is 2.77. The van der Waals surface area contributed by atoms with Crippen molar-refractivity contribution in [2.45, 2.75) is 32.6 Å². The Balaban J connectivity index is 1.57. The van der Waals surface area contributed by atoms with E-state index in [4.69, 9.17) is 9.47 Å². The lowest BCUT2D eigenvalue weighted by molar-refractivity contribution is 0.270. The Kier molecular flexibility index (Phi) is 4.27. The van der Waals surface area contributed by atoms with E-state index in [1.807, 2.05) is 0 Å². The lowest BCUT2D eigenvalue weighted by Crippen LogP contribution is -2.05. The zero-order valence-corrected chi connectivity index (χ0v) is 14.1. The summed E-state index contributed by atoms with van der Waals surface area (Å²) >= 11 is 0. The summed E-state index contributed by atoms with van der Waals surface area (Å²) in [5, 5.41) is 0. The first-order chi connectivity index (χ1) is 12.1. The van der Waals surface area contributed by atoms with Gasteiger partial charge in [-0.1, -0.05) is 0 Å². The van der Waals surface area contributed by atoms with E-state index in [2.05, 4.69) is 9.97 Å². The molecule has 0 bridgehead atoms. The zero-order chi connectivity index (χ0) is 17.4. The Hall–Kier alpha value is -2.24. The van der Waals surface area contributed by atoms with Gasteiger partial charge >= 0.3 is 0 Å². The van der Waals surface area contributed by atoms with Crippen molar-refractivity contribution in [3.05, 3.63) is 35.5 Å². The Morgan fingerprint density at radius 2 is 1.52 bits per heavy atom. The summed E-state index contributed by atoms with van der Waals surface area (Å²) in [6, 6.07) is 4.15. The normalized spacial score (nSPS) is 16.8. The second kappa shape index (κ2) is 6.58. The lowest BCUT2D eigenvalue weighted by Gasteiger charge is -2.11. The van der Waals surface area contributed by atoms with Gasteiger partial charge in [-0.3, -0.25) is 0 Å². The second-order valence-electron chi connectivity index (χ2n) is 6.95. The molecule has 4 rings (SSSR count). The van der Waals surface area contributed by atoms with Crippen molar-refractivity contribution in [1.82, 2.24) is 9.97 Å². The molecular formula is C19H20F2N2O2. The van der Waals surface area contributed by atoms with Crippen molar-refractivity contribution in [1.29, 1.82) is 0 Å². The maximum Gasteiger partial charge on any atom is 0.217 e. The van der Waals surface area contributed by atoms with Gasteiger partial charge in [0.15, 0.2) is 23.2 Å². The third-order valence-corrected chi connectivity index (χ3v) is 4.41. The van der Waals surface area contributed by atoms with Crippen molar-refractivity contribution >= 4 is 0 Å². The molecule has 2 saturated carbocycles. The van der Waals surface area contributed by atoms with Gasteiger partial charge in [-0.25, -0.2) is 13.8 Å². The summed E-state index contributed by atoms with van der Waals surface area (Å²) in [6.07, 6.45) is 4.47. The van der Waals surface area contributed by atoms with Crippen LogP contribution in [0.4, 0.5) is 8.78 Å². The average Bonchev–Trinajstić information content (AvgIpc) is 3.45. The van der Waals surface area contributed by atoms with Gasteiger partial charge in [0, 0.05) is 17.3 Å². The first-order valence-corrected chi connectivity index (χ1v) is 8.69. The lowest BCUT2D eigenvalue weighted by atomic mass is 10.2. The Labute approximate surface area is 145 Å². The monoisotopic (exact) mass is 346 g/mol. The molecule has 0 atom stereocenters. The summed E-state index contributed by atoms with van der Waals surface area (Å²) in [5.74, 6) is -0.0983. The highest BCUT2D eigenvalue weighted by molar-refractivity contribution is 5.58. The molecule has 2 aliphatic rings. The van der Waals surface area contributed by atoms with Crippen molar-refractivity contribution in [3.63, 3.8) is 0 Å². The molecule has 2 aromatic rings. The topological polar surface area (TPSA) is 44.2 Å². The van der Waals surface area contributed by atoms with Crippen molar-refractivity contribution in [2.75, 3.05) is 13.2 Å². The van der Waals surface area contributed by atoms with Crippen LogP contribution in [0.3, 0.4) is 0 Å². The highest BCUT2D eigenvalue weighted by atomic mass is 19.1. The Morgan fingerprint density at radius 1 is 0.920 bits per heavy atom. The molecule has 0 unspecified atom stereocenters. The van der Waals surface area contributed by atoms with E-state index in [1.54, 1.807) is 13.0 Å². The molecule has 0 amide bonds. The van der Waals surface area contributed by atoms with E-state index < -0.39 is 11.6 Å². The van der Waals surface area contributed by atoms with E-state index >= 15 is 0 Å². The number of hydrogen-bond donors (Lipinski definition) is 0. The molecular weight excluding hydrogens is 326 g/mol. The van der Waals surface area contributed by atoms with Crippen LogP contribution in [0.15, 0.2) is 18.2 Å². The van der Waals surface area contributed by atoms with E-state index in [0.29, 0.717) is 36.6 Å². The second-order valence-corrected chi connectivity index (χ2v) is 6.95. The summed E-state index contributed by atoms with van der Waals surface area (Å²) in [7, 11) is 0. The van der Waals surface area contributed by atoms with Crippen LogP contribution in [-0.4, -0.2) is 23.2 Å². The van der Waals surface area contributed by atoms with Crippen LogP contribution < -0.4 is 9.47 Å². The molecule has 132 valence electrons. The first kappa shape index (κ1) is 16.2. The molecule has 4 nitrogen and oxygen atoms in total. The molecule has 2 fully saturated rings. The van der Waals surface area contributed by atoms with Gasteiger partial charge in [0.25, 0.3) is 0 Å². The molecule has 1 aromatic heterocycles. The van der Waals surface area contributed by atoms with Crippen LogP contribution in [0.25, 0.3) is 11.4 Å². The molecule has 2 aliphatic carbocycles. The Bertz CT molecular complexity index is 766. The van der Waals surface area contributed by atoms with Gasteiger partial charge in [0.2, 0.25) is 5.88 Å². The Morgan fingerprint density at radius 3 is 2.12 bits per heavy atom. The third kappa shape index (κ3) is 4.06. The third-order valence-electron chi connectivity index (χ3n) is 4.41. The number of aryl methyl sites for hydroxylation is 1. The molecule has 6 heteroatoms. The largest absolute Gasteiger partial charge is 0.487 e. The minimum Gasteiger partial charge on any atom is -0.487 e. The first-order valence-electron chi connectivity index (χ1n) is 8.69. The predicted molar refractivity (Wildman–Crippen MR) is 88.6 cm³/mol. The van der Waals surface area contributed by atoms with Crippen molar-refractivity contribution in [3.8, 4) is 23.0 Å². The van der Waals surface area contributed by atoms with E-state index in [1.165, 1.54) is 25.0 Å². The zero-order valence-electron chi connectivity index (χ0n) is 14.1. The SMILES string of the molecule is Cc1cc(OCC2CC2)nc(-c2cc(F)c(OCC3CC3)c(F)c2)n1. The van der Waals surface area contributed by atoms with Crippen LogP contribution in [0.1, 0.15) is 31.4 Å². The summed E-state index contributed by atoms with van der Waals surface area (Å²) in [5.41, 5.74) is 0.958. The fourth-order valence-corrected chi connectivity index (χ4v) is 2.54. The summed E-state index contributed by atoms with van der Waals surface area (Å²) in [4.78, 5) is 8.57. The minimum absolute atomic E-state index is 0.248. The highest BCUT2D eigenvalue weighted by Crippen LogP contribution is 2.33. The quantitative estimate of drug-likeness (QED) is 0.749. The molecule has 0 radical (unpaired) electrons. The van der Waals surface area contributed by atoms with Crippen LogP contribution >= 0.6 is 0 Å². The van der Waals surface area contributed by atoms with Gasteiger partial charge in [-0.2, -0.15) is 4.98 Å². The molecule has 0 N–H and O–H groups in total. The van der Waals surface area contributed by atoms with Crippen molar-refractivity contribution < 1.29 is 18.3 Å². The van der Waals surface area contributed by atoms with Crippen LogP contribution in [0, 0.1) is 30.4 Å². The number of rotatable bonds is 7. The molecule has 0 aliphatic heterocycles. The van der Waals surface area contributed by atoms with Gasteiger partial charge in [-0.05, 0) is 56.6 Å². The van der Waals surface area contributed by atoms with Gasteiger partial charge in [0.1, 0.15) is 0 Å². The van der Waals surface area contributed by atoms with E-state index in [9.17, 15) is 8.78 Å². The van der Waals surface area contributed by atoms with Gasteiger partial charge in [-0.15, -0.1) is 0 Å². The van der Waals surface area contributed by atoms with Crippen LogP contribution in [0.5, 0.6) is 11.6 Å². The number of nitrogens with zero attached hydrogens (tertiary/aromatic N) is 2. The highest BCUT2D eigenvalue weighted by Gasteiger charge is 2.24. The number of halogens is 2. The van der Waals surface area contributed by atoms with Gasteiger partial charge in [0.05, 0.1) is 13.2 Å². The smallest absolute Gasteiger partial charge is 0.217 e. The van der Waals surface area contributed by atoms with Crippen LogP contribution in [0.2, 0.25) is 0 Å². The standard InChI is InChI=1S/C19H20F2N2O2/c1-11-6-17(24-9-12-2-3-12)23-19(22-11)14-7-15(20)18(16(21)8-14)25-10-13-4-5-13/h6-8,12-13H,2-5,9-10H2,1H3. The van der Waals surface area contributed by atoms with Crippen LogP contribution in [-0.2, 0) is 0 Å². The fraction of sp³-hybridized carbons (Fsp3) is 0.474. The number of hydrogen-bond acceptors (Lipinski definition) is 4. The predicted octanol–water partition coefficient (Wildman–Crippen LogP) is 4.31. The van der Waals surface area contributed by atoms with Gasteiger partial charge < -0.3 is 9.47 Å². The molecule has 1 aromatic carbocycles. The van der Waals surface area contributed by atoms with Crippen molar-refractivity contribution in [2.24, 2.45) is 11.8 Å². The maximum absolute atomic E-state index is 14.3. The maximum atomic E-state index is 14.3. The summed E-state index contributed by atoms with van der Waals surface area (Å²) < 4.78 is 39.5. The number of aromatic nitrogens is 2. The molecule has 25 heavy (non-hydrogen) atoms. The number of ether oxygens (including phenoxy) is 2. The average molecular weight is 346 g/mol. The molecule has 0 spiro atoms. The van der Waals surface area contributed by atoms with E-state index in [0.717, 1.165) is 12.8 Å². The minimum atomic E-state index is -0.735. The number of benzene rings is 1. The molecule has 1 heterocycles. The van der Waals surface area contributed by atoms with E-state index in [-0.39, 0.29) is 17.1 Å².